The summed E-state index contributed by atoms with van der Waals surface area (Å²) in [7, 11) is 0. The van der Waals surface area contributed by atoms with E-state index in [1.165, 1.54) is 20.9 Å². The van der Waals surface area contributed by atoms with E-state index in [1.54, 1.807) is 0 Å². The predicted molar refractivity (Wildman–Crippen MR) is 108 cm³/mol. The van der Waals surface area contributed by atoms with Gasteiger partial charge >= 0.3 is 6.03 Å². The van der Waals surface area contributed by atoms with Gasteiger partial charge < -0.3 is 11.1 Å². The number of fused-ring (bicyclic) bond motifs is 2. The molecule has 3 aromatic carbocycles. The highest BCUT2D eigenvalue weighted by Crippen LogP contribution is 2.40. The highest BCUT2D eigenvalue weighted by atomic mass is 32.2. The van der Waals surface area contributed by atoms with Crippen LogP contribution >= 0.6 is 11.8 Å². The van der Waals surface area contributed by atoms with E-state index in [-0.39, 0.29) is 0 Å². The lowest BCUT2D eigenvalue weighted by Gasteiger charge is -2.20. The number of carbonyl (C=O) groups excluding carboxylic acids is 1. The molecule has 26 heavy (non-hydrogen) atoms. The summed E-state index contributed by atoms with van der Waals surface area (Å²) in [5, 5.41) is 2.57. The van der Waals surface area contributed by atoms with Crippen LogP contribution in [0.4, 0.5) is 10.5 Å². The summed E-state index contributed by atoms with van der Waals surface area (Å²) < 4.78 is 0. The number of anilines is 1. The molecule has 1 heterocycles. The number of nitrogens with one attached hydrogen (secondary N) is 1. The molecule has 0 radical (unpaired) electrons. The summed E-state index contributed by atoms with van der Waals surface area (Å²) in [4.78, 5) is 13.6. The van der Waals surface area contributed by atoms with Crippen LogP contribution in [0.25, 0.3) is 5.57 Å². The summed E-state index contributed by atoms with van der Waals surface area (Å²) in [5.74, 6) is 0. The highest BCUT2D eigenvalue weighted by Gasteiger charge is 2.16. The molecule has 3 aromatic rings. The summed E-state index contributed by atoms with van der Waals surface area (Å²) >= 11 is 1.82. The lowest BCUT2D eigenvalue weighted by molar-refractivity contribution is 0.259. The lowest BCUT2D eigenvalue weighted by Crippen LogP contribution is -2.19. The molecule has 3 nitrogen and oxygen atoms in total. The second-order valence-corrected chi connectivity index (χ2v) is 7.34. The first kappa shape index (κ1) is 16.5. The van der Waals surface area contributed by atoms with Crippen LogP contribution in [0.3, 0.4) is 0 Å². The number of urea groups is 1. The van der Waals surface area contributed by atoms with Crippen LogP contribution in [0.2, 0.25) is 0 Å². The van der Waals surface area contributed by atoms with Gasteiger partial charge in [-0.2, -0.15) is 0 Å². The van der Waals surface area contributed by atoms with E-state index in [9.17, 15) is 4.79 Å². The van der Waals surface area contributed by atoms with Gasteiger partial charge in [0.2, 0.25) is 0 Å². The van der Waals surface area contributed by atoms with Gasteiger partial charge in [-0.05, 0) is 64.6 Å². The number of amides is 2. The van der Waals surface area contributed by atoms with Gasteiger partial charge in [-0.1, -0.05) is 54.7 Å². The van der Waals surface area contributed by atoms with Crippen molar-refractivity contribution in [3.63, 3.8) is 0 Å². The van der Waals surface area contributed by atoms with E-state index in [2.05, 4.69) is 54.4 Å². The maximum Gasteiger partial charge on any atom is 0.316 e. The molecule has 0 atom stereocenters. The molecular formula is C22H18N2OS. The quantitative estimate of drug-likeness (QED) is 0.522. The number of hydrogen-bond donors (Lipinski definition) is 2. The molecule has 1 aliphatic rings. The van der Waals surface area contributed by atoms with Crippen molar-refractivity contribution in [2.24, 2.45) is 5.73 Å². The molecule has 1 aliphatic heterocycles. The fourth-order valence-corrected chi connectivity index (χ4v) is 4.19. The number of nitrogens with two attached hydrogens (primary N) is 1. The van der Waals surface area contributed by atoms with Gasteiger partial charge in [-0.3, -0.25) is 0 Å². The molecule has 0 aliphatic carbocycles. The standard InChI is InChI=1S/C22H18N2OS/c1-14(15-6-9-19(10-7-15)24-22(23)25)16-8-11-21-18(12-16)13-17-4-2-3-5-20(17)26-21/h2-12H,1,13H2,(H3,23,24,25). The van der Waals surface area contributed by atoms with Crippen molar-refractivity contribution in [1.82, 2.24) is 0 Å². The summed E-state index contributed by atoms with van der Waals surface area (Å²) in [6, 6.07) is 22.1. The van der Waals surface area contributed by atoms with Gasteiger partial charge in [0.05, 0.1) is 0 Å². The van der Waals surface area contributed by atoms with E-state index >= 15 is 0 Å². The fourth-order valence-electron chi connectivity index (χ4n) is 3.14. The third-order valence-electron chi connectivity index (χ3n) is 4.48. The number of carbonyl (C=O) groups is 1. The van der Waals surface area contributed by atoms with E-state index in [4.69, 9.17) is 5.73 Å². The third kappa shape index (κ3) is 3.24. The molecule has 0 aromatic heterocycles. The van der Waals surface area contributed by atoms with Gasteiger partial charge in [0.1, 0.15) is 0 Å². The number of hydrogen-bond acceptors (Lipinski definition) is 2. The highest BCUT2D eigenvalue weighted by molar-refractivity contribution is 7.99. The van der Waals surface area contributed by atoms with Crippen molar-refractivity contribution in [3.8, 4) is 0 Å². The zero-order valence-corrected chi connectivity index (χ0v) is 15.0. The van der Waals surface area contributed by atoms with Gasteiger partial charge in [-0.25, -0.2) is 4.79 Å². The Morgan fingerprint density at radius 2 is 1.62 bits per heavy atom. The Hall–Kier alpha value is -2.98. The minimum atomic E-state index is -0.566. The summed E-state index contributed by atoms with van der Waals surface area (Å²) in [5.41, 5.74) is 11.6. The Balaban J connectivity index is 1.59. The number of primary amides is 1. The monoisotopic (exact) mass is 358 g/mol. The molecule has 0 saturated carbocycles. The molecular weight excluding hydrogens is 340 g/mol. The number of rotatable bonds is 3. The predicted octanol–water partition coefficient (Wildman–Crippen LogP) is 5.29. The average molecular weight is 358 g/mol. The molecule has 2 amide bonds. The Morgan fingerprint density at radius 1 is 0.923 bits per heavy atom. The van der Waals surface area contributed by atoms with Crippen molar-refractivity contribution < 1.29 is 4.79 Å². The summed E-state index contributed by atoms with van der Waals surface area (Å²) in [6.07, 6.45) is 0.946. The van der Waals surface area contributed by atoms with Crippen molar-refractivity contribution in [2.75, 3.05) is 5.32 Å². The SMILES string of the molecule is C=C(c1ccc(NC(N)=O)cc1)c1ccc2c(c1)Cc1ccccc1S2. The molecule has 0 unspecified atom stereocenters. The van der Waals surface area contributed by atoms with Crippen LogP contribution in [-0.4, -0.2) is 6.03 Å². The van der Waals surface area contributed by atoms with E-state index in [1.807, 2.05) is 36.0 Å². The van der Waals surface area contributed by atoms with Crippen LogP contribution in [0.5, 0.6) is 0 Å². The van der Waals surface area contributed by atoms with E-state index in [0.29, 0.717) is 5.69 Å². The van der Waals surface area contributed by atoms with Crippen LogP contribution < -0.4 is 11.1 Å². The lowest BCUT2D eigenvalue weighted by atomic mass is 9.95. The van der Waals surface area contributed by atoms with E-state index < -0.39 is 6.03 Å². The largest absolute Gasteiger partial charge is 0.351 e. The van der Waals surface area contributed by atoms with Crippen LogP contribution in [0, 0.1) is 0 Å². The second kappa shape index (κ2) is 6.73. The van der Waals surface area contributed by atoms with Crippen molar-refractivity contribution in [2.45, 2.75) is 16.2 Å². The number of benzene rings is 3. The Morgan fingerprint density at radius 3 is 2.38 bits per heavy atom. The van der Waals surface area contributed by atoms with Crippen molar-refractivity contribution in [1.29, 1.82) is 0 Å². The van der Waals surface area contributed by atoms with Crippen LogP contribution in [0.15, 0.2) is 83.1 Å². The molecule has 0 spiro atoms. The summed E-state index contributed by atoms with van der Waals surface area (Å²) in [6.45, 7) is 4.26. The molecule has 3 N–H and O–H groups in total. The first-order valence-electron chi connectivity index (χ1n) is 8.35. The van der Waals surface area contributed by atoms with Gasteiger partial charge in [0, 0.05) is 15.5 Å². The molecule has 4 rings (SSSR count). The first-order valence-corrected chi connectivity index (χ1v) is 9.16. The second-order valence-electron chi connectivity index (χ2n) is 6.25. The van der Waals surface area contributed by atoms with Crippen LogP contribution in [-0.2, 0) is 6.42 Å². The maximum absolute atomic E-state index is 10.9. The van der Waals surface area contributed by atoms with Gasteiger partial charge in [-0.15, -0.1) is 0 Å². The van der Waals surface area contributed by atoms with Crippen molar-refractivity contribution >= 4 is 29.1 Å². The molecule has 0 saturated heterocycles. The third-order valence-corrected chi connectivity index (χ3v) is 5.72. The first-order chi connectivity index (χ1) is 12.6. The maximum atomic E-state index is 10.9. The smallest absolute Gasteiger partial charge is 0.316 e. The minimum absolute atomic E-state index is 0.566. The fraction of sp³-hybridized carbons (Fsp3) is 0.0455. The zero-order valence-electron chi connectivity index (χ0n) is 14.2. The molecule has 128 valence electrons. The molecule has 0 bridgehead atoms. The Kier molecular flexibility index (Phi) is 4.27. The normalized spacial score (nSPS) is 12.0. The molecule has 4 heteroatoms. The van der Waals surface area contributed by atoms with Gasteiger partial charge in [0.25, 0.3) is 0 Å². The molecule has 0 fully saturated rings. The van der Waals surface area contributed by atoms with E-state index in [0.717, 1.165) is 23.1 Å². The van der Waals surface area contributed by atoms with Gasteiger partial charge in [0.15, 0.2) is 0 Å². The minimum Gasteiger partial charge on any atom is -0.351 e. The van der Waals surface area contributed by atoms with Crippen LogP contribution in [0.1, 0.15) is 22.3 Å². The zero-order chi connectivity index (χ0) is 18.1. The average Bonchev–Trinajstić information content (AvgIpc) is 2.65. The Bertz CT molecular complexity index is 1010. The van der Waals surface area contributed by atoms with Crippen molar-refractivity contribution in [3.05, 3.63) is 95.6 Å². The Labute approximate surface area is 156 Å². The topological polar surface area (TPSA) is 55.1 Å².